The molecule has 2 heteroatoms. The van der Waals surface area contributed by atoms with Crippen molar-refractivity contribution in [2.24, 2.45) is 5.92 Å². The van der Waals surface area contributed by atoms with Crippen molar-refractivity contribution in [3.05, 3.63) is 0 Å². The fraction of sp³-hybridized carbons (Fsp3) is 0.857. The van der Waals surface area contributed by atoms with Gasteiger partial charge in [-0.2, -0.15) is 0 Å². The van der Waals surface area contributed by atoms with Gasteiger partial charge in [0, 0.05) is 25.9 Å². The van der Waals surface area contributed by atoms with Crippen molar-refractivity contribution >= 4 is 0 Å². The Balaban J connectivity index is 2.12. The molecule has 1 aliphatic rings. The summed E-state index contributed by atoms with van der Waals surface area (Å²) in [7, 11) is 4.35. The van der Waals surface area contributed by atoms with E-state index in [2.05, 4.69) is 42.7 Å². The van der Waals surface area contributed by atoms with Gasteiger partial charge in [0.25, 0.3) is 0 Å². The van der Waals surface area contributed by atoms with Crippen LogP contribution in [0.15, 0.2) is 0 Å². The first-order valence-electron chi connectivity index (χ1n) is 6.55. The third-order valence-electron chi connectivity index (χ3n) is 3.19. The highest BCUT2D eigenvalue weighted by Gasteiger charge is 2.18. The lowest BCUT2D eigenvalue weighted by Crippen LogP contribution is -2.37. The second kappa shape index (κ2) is 7.70. The topological polar surface area (TPSA) is 6.48 Å². The summed E-state index contributed by atoms with van der Waals surface area (Å²) in [5.74, 6) is 7.28. The smallest absolute Gasteiger partial charge is 0.0217 e. The first-order chi connectivity index (χ1) is 7.72. The van der Waals surface area contributed by atoms with E-state index >= 15 is 0 Å². The van der Waals surface area contributed by atoms with E-state index in [4.69, 9.17) is 0 Å². The molecule has 0 aromatic carbocycles. The summed E-state index contributed by atoms with van der Waals surface area (Å²) in [6, 6.07) is 0. The number of hydrogen-bond acceptors (Lipinski definition) is 2. The van der Waals surface area contributed by atoms with Gasteiger partial charge in [0.05, 0.1) is 0 Å². The van der Waals surface area contributed by atoms with Gasteiger partial charge in [-0.05, 0) is 45.9 Å². The van der Waals surface area contributed by atoms with E-state index in [0.717, 1.165) is 18.8 Å². The largest absolute Gasteiger partial charge is 0.309 e. The van der Waals surface area contributed by atoms with Crippen LogP contribution in [0.5, 0.6) is 0 Å². The molecule has 2 nitrogen and oxygen atoms in total. The van der Waals surface area contributed by atoms with Crippen LogP contribution >= 0.6 is 0 Å². The van der Waals surface area contributed by atoms with Crippen molar-refractivity contribution < 1.29 is 0 Å². The first-order valence-corrected chi connectivity index (χ1v) is 6.55. The Labute approximate surface area is 101 Å². The van der Waals surface area contributed by atoms with Crippen LogP contribution in [0, 0.1) is 17.8 Å². The van der Waals surface area contributed by atoms with Crippen LogP contribution in [0.25, 0.3) is 0 Å². The minimum absolute atomic E-state index is 0.910. The summed E-state index contributed by atoms with van der Waals surface area (Å²) < 4.78 is 0. The predicted octanol–water partition coefficient (Wildman–Crippen LogP) is 2.06. The fourth-order valence-corrected chi connectivity index (χ4v) is 2.34. The molecule has 1 rings (SSSR count). The Kier molecular flexibility index (Phi) is 6.52. The zero-order chi connectivity index (χ0) is 11.8. The molecule has 16 heavy (non-hydrogen) atoms. The van der Waals surface area contributed by atoms with E-state index < -0.39 is 0 Å². The maximum Gasteiger partial charge on any atom is 0.0217 e. The van der Waals surface area contributed by atoms with Crippen LogP contribution in [-0.2, 0) is 0 Å². The van der Waals surface area contributed by atoms with Crippen molar-refractivity contribution in [2.45, 2.75) is 32.6 Å². The molecule has 0 saturated carbocycles. The van der Waals surface area contributed by atoms with Crippen molar-refractivity contribution in [3.8, 4) is 11.8 Å². The lowest BCUT2D eigenvalue weighted by atomic mass is 9.96. The van der Waals surface area contributed by atoms with E-state index in [9.17, 15) is 0 Å². The Morgan fingerprint density at radius 2 is 1.88 bits per heavy atom. The van der Waals surface area contributed by atoms with E-state index in [1.54, 1.807) is 0 Å². The van der Waals surface area contributed by atoms with Crippen LogP contribution in [0.3, 0.4) is 0 Å². The van der Waals surface area contributed by atoms with Crippen LogP contribution < -0.4 is 0 Å². The summed E-state index contributed by atoms with van der Waals surface area (Å²) >= 11 is 0. The van der Waals surface area contributed by atoms with Crippen molar-refractivity contribution in [1.82, 2.24) is 9.80 Å². The van der Waals surface area contributed by atoms with Gasteiger partial charge in [0.15, 0.2) is 0 Å². The van der Waals surface area contributed by atoms with Crippen molar-refractivity contribution in [1.29, 1.82) is 0 Å². The SMILES string of the molecule is CCC#CCCN1CCC(CN(C)C)CC1. The number of nitrogens with zero attached hydrogens (tertiary/aromatic N) is 2. The van der Waals surface area contributed by atoms with Gasteiger partial charge in [-0.1, -0.05) is 6.92 Å². The van der Waals surface area contributed by atoms with Gasteiger partial charge in [-0.25, -0.2) is 0 Å². The van der Waals surface area contributed by atoms with Crippen molar-refractivity contribution in [3.63, 3.8) is 0 Å². The fourth-order valence-electron chi connectivity index (χ4n) is 2.34. The maximum atomic E-state index is 3.23. The summed E-state index contributed by atoms with van der Waals surface area (Å²) in [4.78, 5) is 4.88. The number of hydrogen-bond donors (Lipinski definition) is 0. The minimum atomic E-state index is 0.910. The Morgan fingerprint density at radius 1 is 1.19 bits per heavy atom. The molecule has 0 atom stereocenters. The average Bonchev–Trinajstić information content (AvgIpc) is 2.26. The minimum Gasteiger partial charge on any atom is -0.309 e. The van der Waals surface area contributed by atoms with Gasteiger partial charge in [-0.15, -0.1) is 11.8 Å². The molecule has 0 bridgehead atoms. The van der Waals surface area contributed by atoms with E-state index in [-0.39, 0.29) is 0 Å². The number of piperidine rings is 1. The molecule has 0 amide bonds. The second-order valence-electron chi connectivity index (χ2n) is 5.00. The summed E-state index contributed by atoms with van der Waals surface area (Å²) in [6.45, 7) is 7.07. The Bertz CT molecular complexity index is 229. The van der Waals surface area contributed by atoms with E-state index in [1.165, 1.54) is 39.0 Å². The molecule has 0 N–H and O–H groups in total. The first kappa shape index (κ1) is 13.5. The van der Waals surface area contributed by atoms with Gasteiger partial charge in [0.2, 0.25) is 0 Å². The average molecular weight is 222 g/mol. The zero-order valence-corrected chi connectivity index (χ0v) is 11.1. The molecule has 1 saturated heterocycles. The van der Waals surface area contributed by atoms with Crippen LogP contribution in [0.4, 0.5) is 0 Å². The lowest BCUT2D eigenvalue weighted by Gasteiger charge is -2.32. The molecule has 0 radical (unpaired) electrons. The molecule has 0 aliphatic carbocycles. The molecule has 0 aromatic rings. The summed E-state index contributed by atoms with van der Waals surface area (Å²) in [5, 5.41) is 0. The highest BCUT2D eigenvalue weighted by atomic mass is 15.1. The Hall–Kier alpha value is -0.520. The number of rotatable bonds is 4. The predicted molar refractivity (Wildman–Crippen MR) is 70.4 cm³/mol. The molecule has 1 aliphatic heterocycles. The molecule has 0 aromatic heterocycles. The third kappa shape index (κ3) is 5.53. The van der Waals surface area contributed by atoms with E-state index in [1.807, 2.05) is 0 Å². The molecule has 1 heterocycles. The molecule has 0 unspecified atom stereocenters. The van der Waals surface area contributed by atoms with Crippen molar-refractivity contribution in [2.75, 3.05) is 40.3 Å². The highest BCUT2D eigenvalue weighted by Crippen LogP contribution is 2.17. The highest BCUT2D eigenvalue weighted by molar-refractivity contribution is 4.98. The number of likely N-dealkylation sites (tertiary alicyclic amines) is 1. The molecular weight excluding hydrogens is 196 g/mol. The normalized spacial score (nSPS) is 18.5. The maximum absolute atomic E-state index is 3.23. The second-order valence-corrected chi connectivity index (χ2v) is 5.00. The van der Waals surface area contributed by atoms with E-state index in [0.29, 0.717) is 0 Å². The summed E-state index contributed by atoms with van der Waals surface area (Å²) in [6.07, 6.45) is 4.76. The van der Waals surface area contributed by atoms with Gasteiger partial charge in [-0.3, -0.25) is 0 Å². The Morgan fingerprint density at radius 3 is 2.44 bits per heavy atom. The van der Waals surface area contributed by atoms with Gasteiger partial charge in [0.1, 0.15) is 0 Å². The quantitative estimate of drug-likeness (QED) is 0.672. The molecule has 0 spiro atoms. The molecule has 1 fully saturated rings. The third-order valence-corrected chi connectivity index (χ3v) is 3.19. The van der Waals surface area contributed by atoms with Gasteiger partial charge >= 0.3 is 0 Å². The van der Waals surface area contributed by atoms with Crippen LogP contribution in [-0.4, -0.2) is 50.1 Å². The zero-order valence-electron chi connectivity index (χ0n) is 11.1. The van der Waals surface area contributed by atoms with Gasteiger partial charge < -0.3 is 9.80 Å². The molecular formula is C14H26N2. The van der Waals surface area contributed by atoms with Crippen LogP contribution in [0.1, 0.15) is 32.6 Å². The van der Waals surface area contributed by atoms with Crippen LogP contribution in [0.2, 0.25) is 0 Å². The summed E-state index contributed by atoms with van der Waals surface area (Å²) in [5.41, 5.74) is 0. The lowest BCUT2D eigenvalue weighted by molar-refractivity contribution is 0.165. The standard InChI is InChI=1S/C14H26N2/c1-4-5-6-7-10-16-11-8-14(9-12-16)13-15(2)3/h14H,4,7-13H2,1-3H3. The monoisotopic (exact) mass is 222 g/mol. The molecule has 92 valence electrons.